The third-order valence-electron chi connectivity index (χ3n) is 7.18. The summed E-state index contributed by atoms with van der Waals surface area (Å²) >= 11 is 6.17. The molecule has 122 valence electrons. The highest BCUT2D eigenvalue weighted by Crippen LogP contribution is 2.64. The third-order valence-corrected chi connectivity index (χ3v) is 7.49. The SMILES string of the molecule is C#C[C@]1(O)CC[C@H]2[C@@H]3CCc4cc(O)c(Cl)cc4[C@H]3CC[C@@]21C. The first-order valence-corrected chi connectivity index (χ1v) is 8.99. The molecule has 3 aliphatic rings. The molecule has 23 heavy (non-hydrogen) atoms. The number of phenols is 1. The van der Waals surface area contributed by atoms with Crippen molar-refractivity contribution in [3.05, 3.63) is 28.3 Å². The van der Waals surface area contributed by atoms with Gasteiger partial charge in [-0.1, -0.05) is 24.4 Å². The maximum atomic E-state index is 10.9. The van der Waals surface area contributed by atoms with E-state index in [9.17, 15) is 10.2 Å². The van der Waals surface area contributed by atoms with Crippen molar-refractivity contribution >= 4 is 11.6 Å². The maximum absolute atomic E-state index is 10.9. The summed E-state index contributed by atoms with van der Waals surface area (Å²) in [6.07, 6.45) is 11.5. The molecular weight excluding hydrogens is 308 g/mol. The number of hydrogen-bond acceptors (Lipinski definition) is 2. The van der Waals surface area contributed by atoms with Crippen molar-refractivity contribution in [1.29, 1.82) is 0 Å². The molecule has 0 bridgehead atoms. The molecule has 3 aliphatic carbocycles. The summed E-state index contributed by atoms with van der Waals surface area (Å²) in [6.45, 7) is 2.19. The van der Waals surface area contributed by atoms with Crippen LogP contribution in [0.2, 0.25) is 5.02 Å². The van der Waals surface area contributed by atoms with Crippen LogP contribution in [0.4, 0.5) is 0 Å². The van der Waals surface area contributed by atoms with Crippen LogP contribution in [0, 0.1) is 29.6 Å². The second-order valence-corrected chi connectivity index (χ2v) is 8.32. The zero-order valence-corrected chi connectivity index (χ0v) is 14.2. The molecule has 1 aromatic carbocycles. The Balaban J connectivity index is 1.74. The minimum absolute atomic E-state index is 0.166. The molecule has 2 fully saturated rings. The van der Waals surface area contributed by atoms with Gasteiger partial charge in [0.25, 0.3) is 0 Å². The van der Waals surface area contributed by atoms with Crippen molar-refractivity contribution in [3.63, 3.8) is 0 Å². The molecule has 4 rings (SSSR count). The lowest BCUT2D eigenvalue weighted by Gasteiger charge is -2.52. The number of phenolic OH excluding ortho intramolecular Hbond substituents is 1. The fraction of sp³-hybridized carbons (Fsp3) is 0.600. The first-order chi connectivity index (χ1) is 10.9. The normalized spacial score (nSPS) is 41.6. The van der Waals surface area contributed by atoms with Gasteiger partial charge in [-0.3, -0.25) is 0 Å². The Hall–Kier alpha value is -1.17. The number of rotatable bonds is 0. The van der Waals surface area contributed by atoms with E-state index < -0.39 is 5.60 Å². The van der Waals surface area contributed by atoms with Crippen molar-refractivity contribution in [2.45, 2.75) is 57.0 Å². The first-order valence-electron chi connectivity index (χ1n) is 8.61. The minimum Gasteiger partial charge on any atom is -0.506 e. The lowest BCUT2D eigenvalue weighted by molar-refractivity contribution is -0.0646. The lowest BCUT2D eigenvalue weighted by atomic mass is 9.53. The summed E-state index contributed by atoms with van der Waals surface area (Å²) in [5, 5.41) is 21.3. The molecule has 0 radical (unpaired) electrons. The summed E-state index contributed by atoms with van der Waals surface area (Å²) < 4.78 is 0. The second-order valence-electron chi connectivity index (χ2n) is 7.92. The van der Waals surface area contributed by atoms with E-state index >= 15 is 0 Å². The molecule has 0 aliphatic heterocycles. The average Bonchev–Trinajstić information content (AvgIpc) is 2.81. The van der Waals surface area contributed by atoms with E-state index in [1.807, 2.05) is 12.1 Å². The lowest BCUT2D eigenvalue weighted by Crippen LogP contribution is -2.50. The number of aliphatic hydroxyl groups is 1. The van der Waals surface area contributed by atoms with Crippen LogP contribution in [-0.4, -0.2) is 15.8 Å². The van der Waals surface area contributed by atoms with Gasteiger partial charge in [-0.15, -0.1) is 6.42 Å². The molecule has 0 unspecified atom stereocenters. The van der Waals surface area contributed by atoms with E-state index in [1.54, 1.807) is 0 Å². The first kappa shape index (κ1) is 15.4. The monoisotopic (exact) mass is 330 g/mol. The van der Waals surface area contributed by atoms with Gasteiger partial charge in [0, 0.05) is 5.41 Å². The van der Waals surface area contributed by atoms with Crippen LogP contribution in [0.15, 0.2) is 12.1 Å². The molecule has 2 nitrogen and oxygen atoms in total. The molecule has 5 atom stereocenters. The molecule has 0 spiro atoms. The Labute approximate surface area is 142 Å². The van der Waals surface area contributed by atoms with Gasteiger partial charge in [-0.2, -0.15) is 0 Å². The fourth-order valence-corrected chi connectivity index (χ4v) is 6.01. The molecule has 0 heterocycles. The molecule has 1 aromatic rings. The molecule has 3 heteroatoms. The van der Waals surface area contributed by atoms with Crippen molar-refractivity contribution in [2.24, 2.45) is 17.3 Å². The predicted octanol–water partition coefficient (Wildman–Crippen LogP) is 4.27. The van der Waals surface area contributed by atoms with Crippen molar-refractivity contribution in [1.82, 2.24) is 0 Å². The standard InChI is InChI=1S/C20H23ClO2/c1-3-20(23)9-7-16-14-5-4-12-10-18(22)17(21)11-15(12)13(14)6-8-19(16,20)2/h1,10-11,13-14,16,22-23H,4-9H2,2H3/t13-,14+,16-,19-,20-/m0/s1. The zero-order valence-electron chi connectivity index (χ0n) is 13.5. The van der Waals surface area contributed by atoms with Crippen LogP contribution in [0.25, 0.3) is 0 Å². The van der Waals surface area contributed by atoms with E-state index in [0.29, 0.717) is 22.8 Å². The highest BCUT2D eigenvalue weighted by molar-refractivity contribution is 6.32. The number of fused-ring (bicyclic) bond motifs is 5. The van der Waals surface area contributed by atoms with Gasteiger partial charge in [-0.05, 0) is 79.5 Å². The number of aryl methyl sites for hydroxylation is 1. The molecule has 2 N–H and O–H groups in total. The third kappa shape index (κ3) is 1.93. The number of benzene rings is 1. The number of hydrogen-bond donors (Lipinski definition) is 2. The van der Waals surface area contributed by atoms with Crippen LogP contribution in [-0.2, 0) is 6.42 Å². The highest BCUT2D eigenvalue weighted by atomic mass is 35.5. The Kier molecular flexibility index (Phi) is 3.28. The minimum atomic E-state index is -0.949. The van der Waals surface area contributed by atoms with Crippen LogP contribution in [0.1, 0.15) is 56.1 Å². The largest absolute Gasteiger partial charge is 0.506 e. The molecule has 0 amide bonds. The van der Waals surface area contributed by atoms with E-state index in [1.165, 1.54) is 11.1 Å². The number of halogens is 1. The molecular formula is C20H23ClO2. The van der Waals surface area contributed by atoms with Crippen molar-refractivity contribution in [3.8, 4) is 18.1 Å². The number of terminal acetylenes is 1. The zero-order chi connectivity index (χ0) is 16.4. The topological polar surface area (TPSA) is 40.5 Å². The van der Waals surface area contributed by atoms with Crippen molar-refractivity contribution in [2.75, 3.05) is 0 Å². The fourth-order valence-electron chi connectivity index (χ4n) is 5.83. The van der Waals surface area contributed by atoms with Gasteiger partial charge < -0.3 is 10.2 Å². The van der Waals surface area contributed by atoms with Crippen LogP contribution in [0.3, 0.4) is 0 Å². The van der Waals surface area contributed by atoms with E-state index in [4.69, 9.17) is 18.0 Å². The molecule has 2 saturated carbocycles. The summed E-state index contributed by atoms with van der Waals surface area (Å²) in [7, 11) is 0. The van der Waals surface area contributed by atoms with Crippen LogP contribution >= 0.6 is 11.6 Å². The van der Waals surface area contributed by atoms with Gasteiger partial charge in [0.15, 0.2) is 0 Å². The Morgan fingerprint density at radius 1 is 1.26 bits per heavy atom. The predicted molar refractivity (Wildman–Crippen MR) is 91.5 cm³/mol. The summed E-state index contributed by atoms with van der Waals surface area (Å²) in [5.74, 6) is 4.42. The average molecular weight is 331 g/mol. The summed E-state index contributed by atoms with van der Waals surface area (Å²) in [6, 6.07) is 3.81. The van der Waals surface area contributed by atoms with Gasteiger partial charge in [0.05, 0.1) is 5.02 Å². The van der Waals surface area contributed by atoms with Gasteiger partial charge >= 0.3 is 0 Å². The number of aromatic hydroxyl groups is 1. The van der Waals surface area contributed by atoms with Crippen LogP contribution < -0.4 is 0 Å². The van der Waals surface area contributed by atoms with E-state index in [2.05, 4.69) is 12.8 Å². The van der Waals surface area contributed by atoms with E-state index in [0.717, 1.165) is 38.5 Å². The smallest absolute Gasteiger partial charge is 0.134 e. The van der Waals surface area contributed by atoms with Crippen LogP contribution in [0.5, 0.6) is 5.75 Å². The maximum Gasteiger partial charge on any atom is 0.134 e. The van der Waals surface area contributed by atoms with E-state index in [-0.39, 0.29) is 11.2 Å². The Bertz CT molecular complexity index is 706. The summed E-state index contributed by atoms with van der Waals surface area (Å²) in [4.78, 5) is 0. The highest BCUT2D eigenvalue weighted by Gasteiger charge is 2.61. The Morgan fingerprint density at radius 3 is 2.78 bits per heavy atom. The molecule has 0 saturated heterocycles. The van der Waals surface area contributed by atoms with Gasteiger partial charge in [0.1, 0.15) is 11.4 Å². The quantitative estimate of drug-likeness (QED) is 0.697. The van der Waals surface area contributed by atoms with Crippen molar-refractivity contribution < 1.29 is 10.2 Å². The molecule has 0 aromatic heterocycles. The van der Waals surface area contributed by atoms with Gasteiger partial charge in [-0.25, -0.2) is 0 Å². The second kappa shape index (κ2) is 4.91. The Morgan fingerprint density at radius 2 is 2.04 bits per heavy atom. The summed E-state index contributed by atoms with van der Waals surface area (Å²) in [5.41, 5.74) is 1.43. The van der Waals surface area contributed by atoms with Gasteiger partial charge in [0.2, 0.25) is 0 Å².